The first-order valence-corrected chi connectivity index (χ1v) is 8.99. The third-order valence-electron chi connectivity index (χ3n) is 4.75. The van der Waals surface area contributed by atoms with Crippen LogP contribution in [0.2, 0.25) is 0 Å². The molecule has 1 unspecified atom stereocenters. The van der Waals surface area contributed by atoms with E-state index in [1.54, 1.807) is 4.90 Å². The Balaban J connectivity index is 1.62. The van der Waals surface area contributed by atoms with Crippen molar-refractivity contribution in [3.05, 3.63) is 96.1 Å². The molecule has 0 N–H and O–H groups in total. The Labute approximate surface area is 159 Å². The van der Waals surface area contributed by atoms with Gasteiger partial charge in [0.1, 0.15) is 6.61 Å². The summed E-state index contributed by atoms with van der Waals surface area (Å²) in [6.07, 6.45) is -0.667. The molecule has 1 aliphatic heterocycles. The number of carbonyl (C=O) groups is 1. The molecular formula is C23H21NO3. The van der Waals surface area contributed by atoms with E-state index < -0.39 is 6.10 Å². The molecule has 27 heavy (non-hydrogen) atoms. The molecule has 3 aromatic carbocycles. The van der Waals surface area contributed by atoms with Crippen LogP contribution in [0.25, 0.3) is 0 Å². The van der Waals surface area contributed by atoms with Gasteiger partial charge in [-0.25, -0.2) is 0 Å². The lowest BCUT2D eigenvalue weighted by Gasteiger charge is -2.33. The molecule has 0 saturated carbocycles. The summed E-state index contributed by atoms with van der Waals surface area (Å²) in [5.41, 5.74) is 2.10. The zero-order valence-corrected chi connectivity index (χ0v) is 15.1. The maximum atomic E-state index is 13.2. The maximum Gasteiger partial charge on any atom is 0.267 e. The Bertz CT molecular complexity index is 872. The minimum atomic E-state index is -0.667. The molecule has 0 spiro atoms. The summed E-state index contributed by atoms with van der Waals surface area (Å²) >= 11 is 0. The molecule has 0 aliphatic carbocycles. The molecule has 0 saturated heterocycles. The number of rotatable bonds is 4. The van der Waals surface area contributed by atoms with Gasteiger partial charge in [0, 0.05) is 7.05 Å². The highest BCUT2D eigenvalue weighted by atomic mass is 16.6. The van der Waals surface area contributed by atoms with Gasteiger partial charge in [-0.05, 0) is 23.3 Å². The topological polar surface area (TPSA) is 38.8 Å². The first-order chi connectivity index (χ1) is 13.2. The summed E-state index contributed by atoms with van der Waals surface area (Å²) in [7, 11) is 1.82. The average Bonchev–Trinajstić information content (AvgIpc) is 2.74. The molecule has 4 heteroatoms. The molecular weight excluding hydrogens is 338 g/mol. The lowest BCUT2D eigenvalue weighted by Crippen LogP contribution is -2.46. The van der Waals surface area contributed by atoms with Crippen LogP contribution < -0.4 is 9.47 Å². The van der Waals surface area contributed by atoms with E-state index in [-0.39, 0.29) is 18.6 Å². The fourth-order valence-corrected chi connectivity index (χ4v) is 3.41. The molecule has 1 heterocycles. The smallest absolute Gasteiger partial charge is 0.267 e. The van der Waals surface area contributed by atoms with Crippen LogP contribution in [0.15, 0.2) is 84.9 Å². The van der Waals surface area contributed by atoms with Crippen LogP contribution in [0.4, 0.5) is 0 Å². The number of benzene rings is 3. The summed E-state index contributed by atoms with van der Waals surface area (Å²) in [4.78, 5) is 15.0. The van der Waals surface area contributed by atoms with Crippen LogP contribution in [0, 0.1) is 0 Å². The largest absolute Gasteiger partial charge is 0.485 e. The molecule has 0 fully saturated rings. The molecule has 0 radical (unpaired) electrons. The van der Waals surface area contributed by atoms with Crippen LogP contribution in [-0.2, 0) is 4.79 Å². The van der Waals surface area contributed by atoms with E-state index in [0.717, 1.165) is 11.1 Å². The second kappa shape index (κ2) is 7.54. The first-order valence-electron chi connectivity index (χ1n) is 8.99. The van der Waals surface area contributed by atoms with Crippen molar-refractivity contribution in [1.29, 1.82) is 0 Å². The van der Waals surface area contributed by atoms with Crippen LogP contribution in [0.3, 0.4) is 0 Å². The van der Waals surface area contributed by atoms with Crippen molar-refractivity contribution in [2.75, 3.05) is 13.7 Å². The van der Waals surface area contributed by atoms with Gasteiger partial charge in [0.05, 0.1) is 6.04 Å². The Kier molecular flexibility index (Phi) is 4.79. The molecule has 1 aliphatic rings. The molecule has 3 aromatic rings. The third-order valence-corrected chi connectivity index (χ3v) is 4.75. The molecule has 0 aromatic heterocycles. The van der Waals surface area contributed by atoms with E-state index in [4.69, 9.17) is 9.47 Å². The number of para-hydroxylation sites is 2. The highest BCUT2D eigenvalue weighted by Gasteiger charge is 2.33. The number of hydrogen-bond donors (Lipinski definition) is 0. The van der Waals surface area contributed by atoms with Gasteiger partial charge < -0.3 is 14.4 Å². The lowest BCUT2D eigenvalue weighted by atomic mass is 9.97. The van der Waals surface area contributed by atoms with Crippen LogP contribution in [-0.4, -0.2) is 30.6 Å². The lowest BCUT2D eigenvalue weighted by molar-refractivity contribution is -0.141. The third kappa shape index (κ3) is 3.51. The van der Waals surface area contributed by atoms with Gasteiger partial charge >= 0.3 is 0 Å². The number of fused-ring (bicyclic) bond motifs is 1. The van der Waals surface area contributed by atoms with E-state index in [9.17, 15) is 4.79 Å². The Morgan fingerprint density at radius 1 is 0.852 bits per heavy atom. The molecule has 4 nitrogen and oxygen atoms in total. The summed E-state index contributed by atoms with van der Waals surface area (Å²) in [5, 5.41) is 0. The van der Waals surface area contributed by atoms with Crippen LogP contribution in [0.1, 0.15) is 17.2 Å². The van der Waals surface area contributed by atoms with Gasteiger partial charge in [-0.2, -0.15) is 0 Å². The Morgan fingerprint density at radius 2 is 1.37 bits per heavy atom. The van der Waals surface area contributed by atoms with Crippen LogP contribution in [0.5, 0.6) is 11.5 Å². The van der Waals surface area contributed by atoms with Crippen molar-refractivity contribution in [3.63, 3.8) is 0 Å². The normalized spacial score (nSPS) is 15.4. The maximum absolute atomic E-state index is 13.2. The van der Waals surface area contributed by atoms with Crippen molar-refractivity contribution < 1.29 is 14.3 Å². The van der Waals surface area contributed by atoms with Crippen molar-refractivity contribution in [1.82, 2.24) is 4.90 Å². The van der Waals surface area contributed by atoms with Crippen molar-refractivity contribution in [2.45, 2.75) is 12.1 Å². The predicted octanol–water partition coefficient (Wildman–Crippen LogP) is 4.07. The molecule has 0 bridgehead atoms. The minimum Gasteiger partial charge on any atom is -0.485 e. The number of likely N-dealkylation sites (N-methyl/N-ethyl adjacent to an activating group) is 1. The van der Waals surface area contributed by atoms with Gasteiger partial charge in [-0.15, -0.1) is 0 Å². The van der Waals surface area contributed by atoms with Gasteiger partial charge in [0.25, 0.3) is 5.91 Å². The SMILES string of the molecule is CN(C(=O)C1COc2ccccc2O1)C(c1ccccc1)c1ccccc1. The number of ether oxygens (including phenoxy) is 2. The number of hydrogen-bond acceptors (Lipinski definition) is 3. The van der Waals surface area contributed by atoms with E-state index in [0.29, 0.717) is 11.5 Å². The standard InChI is InChI=1S/C23H21NO3/c1-24(23(25)21-16-26-19-14-8-9-15-20(19)27-21)22(17-10-4-2-5-11-17)18-12-6-3-7-13-18/h2-15,21-22H,16H2,1H3. The molecule has 4 rings (SSSR count). The summed E-state index contributed by atoms with van der Waals surface area (Å²) in [6.45, 7) is 0.205. The fourth-order valence-electron chi connectivity index (χ4n) is 3.41. The highest BCUT2D eigenvalue weighted by Crippen LogP contribution is 2.33. The van der Waals surface area contributed by atoms with Crippen molar-refractivity contribution >= 4 is 5.91 Å². The van der Waals surface area contributed by atoms with E-state index in [1.165, 1.54) is 0 Å². The van der Waals surface area contributed by atoms with Gasteiger partial charge in [0.15, 0.2) is 11.5 Å². The fraction of sp³-hybridized carbons (Fsp3) is 0.174. The van der Waals surface area contributed by atoms with Crippen molar-refractivity contribution in [3.8, 4) is 11.5 Å². The second-order valence-corrected chi connectivity index (χ2v) is 6.54. The zero-order chi connectivity index (χ0) is 18.6. The Morgan fingerprint density at radius 3 is 1.96 bits per heavy atom. The highest BCUT2D eigenvalue weighted by molar-refractivity contribution is 5.82. The average molecular weight is 359 g/mol. The minimum absolute atomic E-state index is 0.109. The second-order valence-electron chi connectivity index (χ2n) is 6.54. The summed E-state index contributed by atoms with van der Waals surface area (Å²) in [5.74, 6) is 1.17. The van der Waals surface area contributed by atoms with Gasteiger partial charge in [-0.1, -0.05) is 72.8 Å². The van der Waals surface area contributed by atoms with E-state index in [1.807, 2.05) is 92.0 Å². The van der Waals surface area contributed by atoms with Crippen LogP contribution >= 0.6 is 0 Å². The van der Waals surface area contributed by atoms with Gasteiger partial charge in [-0.3, -0.25) is 4.79 Å². The first kappa shape index (κ1) is 17.2. The molecule has 1 amide bonds. The Hall–Kier alpha value is -3.27. The summed E-state index contributed by atoms with van der Waals surface area (Å²) < 4.78 is 11.6. The van der Waals surface area contributed by atoms with Gasteiger partial charge in [0.2, 0.25) is 6.10 Å². The number of carbonyl (C=O) groups excluding carboxylic acids is 1. The quantitative estimate of drug-likeness (QED) is 0.705. The van der Waals surface area contributed by atoms with E-state index in [2.05, 4.69) is 0 Å². The molecule has 1 atom stereocenters. The monoisotopic (exact) mass is 359 g/mol. The van der Waals surface area contributed by atoms with Crippen molar-refractivity contribution in [2.24, 2.45) is 0 Å². The number of nitrogens with zero attached hydrogens (tertiary/aromatic N) is 1. The predicted molar refractivity (Wildman–Crippen MR) is 104 cm³/mol. The summed E-state index contributed by atoms with van der Waals surface area (Å²) in [6, 6.07) is 27.3. The van der Waals surface area contributed by atoms with E-state index >= 15 is 0 Å². The number of amides is 1. The zero-order valence-electron chi connectivity index (χ0n) is 15.1. The molecule has 136 valence electrons.